The third-order valence-electron chi connectivity index (χ3n) is 9.11. The van der Waals surface area contributed by atoms with Crippen LogP contribution in [-0.4, -0.2) is 63.0 Å². The molecule has 1 unspecified atom stereocenters. The molecule has 6 rings (SSSR count). The van der Waals surface area contributed by atoms with Gasteiger partial charge in [-0.15, -0.1) is 0 Å². The van der Waals surface area contributed by atoms with Crippen LogP contribution in [-0.2, 0) is 26.9 Å². The second-order valence-electron chi connectivity index (χ2n) is 11.5. The summed E-state index contributed by atoms with van der Waals surface area (Å²) in [5.41, 5.74) is 0.172. The minimum Gasteiger partial charge on any atom is -0.497 e. The molecular formula is C34H36Cl2N4O6S. The van der Waals surface area contributed by atoms with Crippen molar-refractivity contribution in [2.45, 2.75) is 49.7 Å². The van der Waals surface area contributed by atoms with Crippen LogP contribution in [0.1, 0.15) is 55.3 Å². The zero-order valence-electron chi connectivity index (χ0n) is 26.6. The minimum atomic E-state index is -4.48. The lowest BCUT2D eigenvalue weighted by Gasteiger charge is -2.41. The molecule has 0 bridgehead atoms. The third kappa shape index (κ3) is 5.47. The smallest absolute Gasteiger partial charge is 0.271 e. The van der Waals surface area contributed by atoms with E-state index in [2.05, 4.69) is 23.7 Å². The Bertz CT molecular complexity index is 1880. The standard InChI is InChI=1S/C34H36Cl2N4O6S/c1-5-38(6-2)21-22-9-14-31(45-4)26(18-22)34(39-16-7-8-29(39)32-37-15-17-46-32)25-19-27(35)28(36)20-30(25)40(33(34)41)47(42,43)24-12-10-23(44-3)11-13-24/h9-15,17-20,29H,5-8,16,21H2,1-4H3/t29-,34?/m0/s1. The van der Waals surface area contributed by atoms with Gasteiger partial charge in [0.25, 0.3) is 15.9 Å². The second-order valence-corrected chi connectivity index (χ2v) is 14.1. The Balaban J connectivity index is 1.67. The third-order valence-corrected chi connectivity index (χ3v) is 11.5. The number of carbonyl (C=O) groups excluding carboxylic acids is 1. The predicted molar refractivity (Wildman–Crippen MR) is 180 cm³/mol. The Labute approximate surface area is 284 Å². The molecule has 1 saturated heterocycles. The number of aromatic nitrogens is 1. The normalized spacial score (nSPS) is 19.9. The lowest BCUT2D eigenvalue weighted by molar-refractivity contribution is -0.127. The first-order valence-electron chi connectivity index (χ1n) is 15.4. The molecule has 2 aliphatic rings. The van der Waals surface area contributed by atoms with E-state index in [-0.39, 0.29) is 20.6 Å². The number of nitrogens with zero attached hydrogens (tertiary/aromatic N) is 4. The molecule has 13 heteroatoms. The van der Waals surface area contributed by atoms with E-state index in [0.29, 0.717) is 54.4 Å². The second kappa shape index (κ2) is 13.1. The van der Waals surface area contributed by atoms with Gasteiger partial charge in [0.1, 0.15) is 17.8 Å². The Morgan fingerprint density at radius 1 is 1.00 bits per heavy atom. The highest BCUT2D eigenvalue weighted by Gasteiger charge is 2.63. The van der Waals surface area contributed by atoms with Gasteiger partial charge in [0, 0.05) is 24.2 Å². The number of hydrogen-bond donors (Lipinski definition) is 0. The summed E-state index contributed by atoms with van der Waals surface area (Å²) in [5.74, 6) is 0.603. The van der Waals surface area contributed by atoms with Crippen molar-refractivity contribution in [2.24, 2.45) is 0 Å². The molecule has 1 aromatic heterocycles. The van der Waals surface area contributed by atoms with Gasteiger partial charge in [0.2, 0.25) is 5.89 Å². The molecular weight excluding hydrogens is 663 g/mol. The topological polar surface area (TPSA) is 105 Å². The van der Waals surface area contributed by atoms with Gasteiger partial charge in [-0.1, -0.05) is 43.1 Å². The summed E-state index contributed by atoms with van der Waals surface area (Å²) < 4.78 is 47.1. The van der Waals surface area contributed by atoms with E-state index in [4.69, 9.17) is 37.1 Å². The number of rotatable bonds is 11. The minimum absolute atomic E-state index is 0.0904. The van der Waals surface area contributed by atoms with Crippen LogP contribution in [0, 0.1) is 0 Å². The van der Waals surface area contributed by atoms with Crippen molar-refractivity contribution in [1.29, 1.82) is 0 Å². The van der Waals surface area contributed by atoms with E-state index >= 15 is 4.79 Å². The number of ether oxygens (including phenoxy) is 2. The maximum absolute atomic E-state index is 15.5. The summed E-state index contributed by atoms with van der Waals surface area (Å²) in [6, 6.07) is 14.2. The van der Waals surface area contributed by atoms with Gasteiger partial charge >= 0.3 is 0 Å². The molecule has 1 fully saturated rings. The summed E-state index contributed by atoms with van der Waals surface area (Å²) >= 11 is 13.3. The highest BCUT2D eigenvalue weighted by atomic mass is 35.5. The zero-order valence-corrected chi connectivity index (χ0v) is 28.9. The zero-order chi connectivity index (χ0) is 33.5. The molecule has 0 saturated carbocycles. The van der Waals surface area contributed by atoms with Crippen LogP contribution in [0.4, 0.5) is 5.69 Å². The van der Waals surface area contributed by atoms with E-state index in [1.54, 1.807) is 12.3 Å². The number of methoxy groups -OCH3 is 2. The predicted octanol–water partition coefficient (Wildman–Crippen LogP) is 6.66. The quantitative estimate of drug-likeness (QED) is 0.170. The number of likely N-dealkylation sites (tertiary alicyclic amines) is 1. The molecule has 0 radical (unpaired) electrons. The number of amides is 1. The van der Waals surface area contributed by atoms with Crippen LogP contribution in [0.25, 0.3) is 0 Å². The molecule has 0 spiro atoms. The van der Waals surface area contributed by atoms with Crippen molar-refractivity contribution in [3.63, 3.8) is 0 Å². The molecule has 47 heavy (non-hydrogen) atoms. The molecule has 248 valence electrons. The van der Waals surface area contributed by atoms with Gasteiger partial charge in [0.15, 0.2) is 5.54 Å². The average Bonchev–Trinajstić information content (AvgIpc) is 3.83. The summed E-state index contributed by atoms with van der Waals surface area (Å²) in [6.45, 7) is 6.87. The molecule has 3 heterocycles. The van der Waals surface area contributed by atoms with Crippen molar-refractivity contribution in [2.75, 3.05) is 38.2 Å². The van der Waals surface area contributed by atoms with Crippen molar-refractivity contribution in [3.05, 3.63) is 99.7 Å². The van der Waals surface area contributed by atoms with Gasteiger partial charge in [0.05, 0.1) is 47.1 Å². The fourth-order valence-corrected chi connectivity index (χ4v) is 8.59. The summed E-state index contributed by atoms with van der Waals surface area (Å²) in [7, 11) is -1.45. The molecule has 2 atom stereocenters. The number of fused-ring (bicyclic) bond motifs is 1. The number of anilines is 1. The SMILES string of the molecule is CCN(CC)Cc1ccc(OC)c(C2(N3CCC[C@H]3c3ncco3)C(=O)N(S(=O)(=O)c3ccc(OC)cc3)c3cc(Cl)c(Cl)cc32)c1. The van der Waals surface area contributed by atoms with E-state index in [0.717, 1.165) is 23.0 Å². The number of sulfonamides is 1. The maximum atomic E-state index is 15.5. The number of hydrogen-bond acceptors (Lipinski definition) is 9. The number of halogens is 2. The van der Waals surface area contributed by atoms with Crippen molar-refractivity contribution < 1.29 is 27.1 Å². The van der Waals surface area contributed by atoms with Gasteiger partial charge in [-0.3, -0.25) is 14.6 Å². The molecule has 2 aliphatic heterocycles. The van der Waals surface area contributed by atoms with Crippen LogP contribution in [0.2, 0.25) is 10.0 Å². The largest absolute Gasteiger partial charge is 0.497 e. The van der Waals surface area contributed by atoms with Gasteiger partial charge in [-0.2, -0.15) is 0 Å². The summed E-state index contributed by atoms with van der Waals surface area (Å²) in [4.78, 5) is 24.1. The Kier molecular flexibility index (Phi) is 9.30. The highest BCUT2D eigenvalue weighted by molar-refractivity contribution is 7.93. The fourth-order valence-electron chi connectivity index (χ4n) is 6.82. The molecule has 0 aliphatic carbocycles. The number of benzene rings is 3. The Hall–Kier alpha value is -3.61. The Morgan fingerprint density at radius 2 is 1.72 bits per heavy atom. The number of oxazole rings is 1. The van der Waals surface area contributed by atoms with Gasteiger partial charge in [-0.05, 0) is 80.0 Å². The molecule has 3 aromatic carbocycles. The molecule has 0 N–H and O–H groups in total. The lowest BCUT2D eigenvalue weighted by atomic mass is 9.80. The lowest BCUT2D eigenvalue weighted by Crippen LogP contribution is -2.54. The van der Waals surface area contributed by atoms with Crippen LogP contribution < -0.4 is 13.8 Å². The van der Waals surface area contributed by atoms with E-state index in [9.17, 15) is 8.42 Å². The van der Waals surface area contributed by atoms with Crippen LogP contribution >= 0.6 is 23.2 Å². The first kappa shape index (κ1) is 33.3. The van der Waals surface area contributed by atoms with E-state index in [1.807, 2.05) is 23.1 Å². The van der Waals surface area contributed by atoms with E-state index in [1.165, 1.54) is 50.8 Å². The van der Waals surface area contributed by atoms with Crippen LogP contribution in [0.3, 0.4) is 0 Å². The summed E-state index contributed by atoms with van der Waals surface area (Å²) in [5, 5.41) is 0.285. The highest BCUT2D eigenvalue weighted by Crippen LogP contribution is 2.57. The van der Waals surface area contributed by atoms with E-state index < -0.39 is 27.5 Å². The van der Waals surface area contributed by atoms with Crippen LogP contribution in [0.5, 0.6) is 11.5 Å². The van der Waals surface area contributed by atoms with Gasteiger partial charge in [-0.25, -0.2) is 17.7 Å². The molecule has 4 aromatic rings. The number of carbonyl (C=O) groups is 1. The van der Waals surface area contributed by atoms with Crippen molar-refractivity contribution in [1.82, 2.24) is 14.8 Å². The van der Waals surface area contributed by atoms with Crippen molar-refractivity contribution >= 4 is 44.8 Å². The average molecular weight is 700 g/mol. The van der Waals surface area contributed by atoms with Gasteiger partial charge < -0.3 is 13.9 Å². The monoisotopic (exact) mass is 698 g/mol. The molecule has 10 nitrogen and oxygen atoms in total. The maximum Gasteiger partial charge on any atom is 0.271 e. The Morgan fingerprint density at radius 3 is 2.36 bits per heavy atom. The summed E-state index contributed by atoms with van der Waals surface area (Å²) in [6.07, 6.45) is 4.38. The first-order valence-corrected chi connectivity index (χ1v) is 17.6. The first-order chi connectivity index (χ1) is 22.6. The fraction of sp³-hybridized carbons (Fsp3) is 0.353. The molecule has 1 amide bonds. The van der Waals surface area contributed by atoms with Crippen LogP contribution in [0.15, 0.2) is 76.4 Å². The van der Waals surface area contributed by atoms with Crippen molar-refractivity contribution in [3.8, 4) is 11.5 Å².